The number of benzene rings is 1. The number of aryl methyl sites for hydroxylation is 3. The summed E-state index contributed by atoms with van der Waals surface area (Å²) in [6, 6.07) is 10.1. The Bertz CT molecular complexity index is 1150. The van der Waals surface area contributed by atoms with Crippen LogP contribution in [0.4, 0.5) is 0 Å². The Kier molecular flexibility index (Phi) is 4.77. The standard InChI is InChI=1S/C21H22N4O2S/c1-12-5-7-16-15(11-12)14(3)19(22-16)20-23-18(24-27-20)9-10-25(4)21(26)17-8-6-13(2)28-17/h5-8,11,22H,9-10H2,1-4H3. The molecule has 0 saturated carbocycles. The molecule has 0 unspecified atom stereocenters. The molecule has 7 heteroatoms. The van der Waals surface area contributed by atoms with Gasteiger partial charge in [-0.2, -0.15) is 4.98 Å². The molecule has 0 aliphatic heterocycles. The summed E-state index contributed by atoms with van der Waals surface area (Å²) in [7, 11) is 1.79. The van der Waals surface area contributed by atoms with E-state index in [2.05, 4.69) is 40.2 Å². The fourth-order valence-electron chi connectivity index (χ4n) is 3.22. The molecule has 6 nitrogen and oxygen atoms in total. The Balaban J connectivity index is 1.47. The highest BCUT2D eigenvalue weighted by molar-refractivity contribution is 7.13. The van der Waals surface area contributed by atoms with Gasteiger partial charge in [-0.15, -0.1) is 11.3 Å². The van der Waals surface area contributed by atoms with E-state index in [4.69, 9.17) is 4.52 Å². The number of rotatable bonds is 5. The molecule has 0 spiro atoms. The summed E-state index contributed by atoms with van der Waals surface area (Å²) >= 11 is 1.51. The van der Waals surface area contributed by atoms with Crippen molar-refractivity contribution >= 4 is 28.1 Å². The summed E-state index contributed by atoms with van der Waals surface area (Å²) in [6.45, 7) is 6.65. The van der Waals surface area contributed by atoms with E-state index in [0.717, 1.165) is 31.9 Å². The van der Waals surface area contributed by atoms with Gasteiger partial charge in [-0.25, -0.2) is 0 Å². The van der Waals surface area contributed by atoms with Crippen molar-refractivity contribution in [3.63, 3.8) is 0 Å². The van der Waals surface area contributed by atoms with Gasteiger partial charge in [0.15, 0.2) is 5.82 Å². The van der Waals surface area contributed by atoms with Gasteiger partial charge in [-0.3, -0.25) is 4.79 Å². The Morgan fingerprint density at radius 1 is 1.21 bits per heavy atom. The van der Waals surface area contributed by atoms with Crippen LogP contribution < -0.4 is 0 Å². The first kappa shape index (κ1) is 18.4. The van der Waals surface area contributed by atoms with Crippen LogP contribution in [0, 0.1) is 20.8 Å². The number of amides is 1. The van der Waals surface area contributed by atoms with E-state index >= 15 is 0 Å². The molecule has 4 rings (SSSR count). The van der Waals surface area contributed by atoms with Crippen molar-refractivity contribution < 1.29 is 9.32 Å². The molecule has 28 heavy (non-hydrogen) atoms. The summed E-state index contributed by atoms with van der Waals surface area (Å²) < 4.78 is 5.48. The van der Waals surface area contributed by atoms with E-state index in [9.17, 15) is 4.79 Å². The van der Waals surface area contributed by atoms with Gasteiger partial charge >= 0.3 is 0 Å². The molecular formula is C21H22N4O2S. The largest absolute Gasteiger partial charge is 0.350 e. The molecule has 0 atom stereocenters. The summed E-state index contributed by atoms with van der Waals surface area (Å²) in [4.78, 5) is 23.9. The molecule has 4 aromatic rings. The van der Waals surface area contributed by atoms with Crippen LogP contribution in [-0.4, -0.2) is 39.5 Å². The second kappa shape index (κ2) is 7.24. The predicted molar refractivity (Wildman–Crippen MR) is 111 cm³/mol. The zero-order valence-corrected chi connectivity index (χ0v) is 17.2. The number of likely N-dealkylation sites (N-methyl/N-ethyl adjacent to an activating group) is 1. The third-order valence-corrected chi connectivity index (χ3v) is 5.85. The van der Waals surface area contributed by atoms with E-state index < -0.39 is 0 Å². The quantitative estimate of drug-likeness (QED) is 0.540. The lowest BCUT2D eigenvalue weighted by Gasteiger charge is -2.14. The maximum atomic E-state index is 12.4. The van der Waals surface area contributed by atoms with Crippen molar-refractivity contribution in [2.24, 2.45) is 0 Å². The summed E-state index contributed by atoms with van der Waals surface area (Å²) in [6.07, 6.45) is 0.536. The minimum atomic E-state index is 0.0173. The zero-order valence-electron chi connectivity index (χ0n) is 16.4. The van der Waals surface area contributed by atoms with E-state index in [0.29, 0.717) is 24.7 Å². The average Bonchev–Trinajstić information content (AvgIpc) is 3.39. The molecule has 1 aromatic carbocycles. The first-order valence-electron chi connectivity index (χ1n) is 9.16. The first-order chi connectivity index (χ1) is 13.4. The normalized spacial score (nSPS) is 11.3. The maximum Gasteiger partial charge on any atom is 0.274 e. The number of H-pyrrole nitrogens is 1. The van der Waals surface area contributed by atoms with Gasteiger partial charge in [0.05, 0.1) is 4.88 Å². The molecule has 0 aliphatic carbocycles. The Morgan fingerprint density at radius 3 is 2.79 bits per heavy atom. The van der Waals surface area contributed by atoms with Gasteiger partial charge in [0, 0.05) is 35.8 Å². The number of fused-ring (bicyclic) bond motifs is 1. The molecular weight excluding hydrogens is 372 g/mol. The lowest BCUT2D eigenvalue weighted by atomic mass is 10.1. The SMILES string of the molecule is Cc1ccc2[nH]c(-c3nc(CCN(C)C(=O)c4ccc(C)s4)no3)c(C)c2c1. The molecule has 3 heterocycles. The van der Waals surface area contributed by atoms with Crippen molar-refractivity contribution in [3.05, 3.63) is 57.0 Å². The van der Waals surface area contributed by atoms with E-state index in [1.54, 1.807) is 11.9 Å². The second-order valence-electron chi connectivity index (χ2n) is 7.08. The summed E-state index contributed by atoms with van der Waals surface area (Å²) in [5.41, 5.74) is 4.20. The number of nitrogens with one attached hydrogen (secondary N) is 1. The van der Waals surface area contributed by atoms with Crippen molar-refractivity contribution in [3.8, 4) is 11.6 Å². The van der Waals surface area contributed by atoms with Crippen LogP contribution in [0.15, 0.2) is 34.9 Å². The number of hydrogen-bond acceptors (Lipinski definition) is 5. The van der Waals surface area contributed by atoms with Crippen molar-refractivity contribution in [1.82, 2.24) is 20.0 Å². The van der Waals surface area contributed by atoms with Gasteiger partial charge in [0.2, 0.25) is 0 Å². The molecule has 0 saturated heterocycles. The molecule has 0 bridgehead atoms. The molecule has 0 radical (unpaired) electrons. The lowest BCUT2D eigenvalue weighted by molar-refractivity contribution is 0.0800. The minimum absolute atomic E-state index is 0.0173. The van der Waals surface area contributed by atoms with Crippen molar-refractivity contribution in [2.45, 2.75) is 27.2 Å². The number of carbonyl (C=O) groups is 1. The Hall–Kier alpha value is -2.93. The number of carbonyl (C=O) groups excluding carboxylic acids is 1. The Morgan fingerprint density at radius 2 is 2.04 bits per heavy atom. The van der Waals surface area contributed by atoms with Crippen LogP contribution in [0.1, 0.15) is 31.5 Å². The van der Waals surface area contributed by atoms with E-state index in [-0.39, 0.29) is 5.91 Å². The molecule has 0 aliphatic rings. The number of aromatic amines is 1. The van der Waals surface area contributed by atoms with Gasteiger partial charge in [0.25, 0.3) is 11.8 Å². The third-order valence-electron chi connectivity index (χ3n) is 4.86. The van der Waals surface area contributed by atoms with Crippen molar-refractivity contribution in [1.29, 1.82) is 0 Å². The highest BCUT2D eigenvalue weighted by atomic mass is 32.1. The number of nitrogens with zero attached hydrogens (tertiary/aromatic N) is 3. The fourth-order valence-corrected chi connectivity index (χ4v) is 4.08. The average molecular weight is 395 g/mol. The van der Waals surface area contributed by atoms with Crippen LogP contribution in [-0.2, 0) is 6.42 Å². The smallest absolute Gasteiger partial charge is 0.274 e. The monoisotopic (exact) mass is 394 g/mol. The topological polar surface area (TPSA) is 75.0 Å². The highest BCUT2D eigenvalue weighted by Gasteiger charge is 2.18. The van der Waals surface area contributed by atoms with Gasteiger partial charge < -0.3 is 14.4 Å². The van der Waals surface area contributed by atoms with Crippen molar-refractivity contribution in [2.75, 3.05) is 13.6 Å². The minimum Gasteiger partial charge on any atom is -0.350 e. The van der Waals surface area contributed by atoms with Crippen LogP contribution in [0.3, 0.4) is 0 Å². The number of thiophene rings is 1. The highest BCUT2D eigenvalue weighted by Crippen LogP contribution is 2.29. The van der Waals surface area contributed by atoms with E-state index in [1.807, 2.05) is 26.0 Å². The molecule has 1 N–H and O–H groups in total. The molecule has 1 amide bonds. The zero-order chi connectivity index (χ0) is 19.8. The Labute approximate surface area is 167 Å². The molecule has 144 valence electrons. The summed E-state index contributed by atoms with van der Waals surface area (Å²) in [5.74, 6) is 1.08. The third kappa shape index (κ3) is 3.45. The fraction of sp³-hybridized carbons (Fsp3) is 0.286. The van der Waals surface area contributed by atoms with Gasteiger partial charge in [-0.05, 0) is 50.6 Å². The maximum absolute atomic E-state index is 12.4. The molecule has 0 fully saturated rings. The number of aromatic nitrogens is 3. The molecule has 3 aromatic heterocycles. The van der Waals surface area contributed by atoms with E-state index in [1.165, 1.54) is 16.9 Å². The van der Waals surface area contributed by atoms with Crippen LogP contribution >= 0.6 is 11.3 Å². The predicted octanol–water partition coefficient (Wildman–Crippen LogP) is 4.52. The number of hydrogen-bond donors (Lipinski definition) is 1. The van der Waals surface area contributed by atoms with Crippen LogP contribution in [0.25, 0.3) is 22.5 Å². The summed E-state index contributed by atoms with van der Waals surface area (Å²) in [5, 5.41) is 5.25. The van der Waals surface area contributed by atoms with Crippen LogP contribution in [0.2, 0.25) is 0 Å². The van der Waals surface area contributed by atoms with Gasteiger partial charge in [0.1, 0.15) is 5.69 Å². The lowest BCUT2D eigenvalue weighted by Crippen LogP contribution is -2.28. The second-order valence-corrected chi connectivity index (χ2v) is 8.36. The van der Waals surface area contributed by atoms with Crippen LogP contribution in [0.5, 0.6) is 0 Å². The van der Waals surface area contributed by atoms with Gasteiger partial charge in [-0.1, -0.05) is 16.8 Å². The first-order valence-corrected chi connectivity index (χ1v) is 9.98.